The van der Waals surface area contributed by atoms with Crippen LogP contribution >= 0.6 is 11.5 Å². The Labute approximate surface area is 85.9 Å². The van der Waals surface area contributed by atoms with Crippen LogP contribution in [0.5, 0.6) is 0 Å². The van der Waals surface area contributed by atoms with E-state index in [-0.39, 0.29) is 5.91 Å². The van der Waals surface area contributed by atoms with Crippen molar-refractivity contribution < 1.29 is 4.79 Å². The number of amides is 1. The monoisotopic (exact) mass is 210 g/mol. The topological polar surface area (TPSA) is 78.7 Å². The molecule has 0 aliphatic heterocycles. The van der Waals surface area contributed by atoms with Crippen LogP contribution in [0.2, 0.25) is 0 Å². The summed E-state index contributed by atoms with van der Waals surface area (Å²) in [5.41, 5.74) is 0. The first-order valence-electron chi connectivity index (χ1n) is 4.27. The Bertz CT molecular complexity index is 317. The molecule has 0 bridgehead atoms. The second-order valence-corrected chi connectivity index (χ2v) is 3.44. The maximum atomic E-state index is 11.3. The standard InChI is InChI=1S/C8H10N4OS/c9-4-2-1-3-5-10-8(13)7-6-11-12-14-7/h6H,1-3,5H2,(H,10,13). The summed E-state index contributed by atoms with van der Waals surface area (Å²) in [6.45, 7) is 0.596. The number of hydrogen-bond acceptors (Lipinski definition) is 5. The predicted octanol–water partition coefficient (Wildman–Crippen LogP) is 0.962. The molecule has 1 aromatic rings. The van der Waals surface area contributed by atoms with Crippen LogP contribution < -0.4 is 5.32 Å². The van der Waals surface area contributed by atoms with Gasteiger partial charge in [-0.1, -0.05) is 4.49 Å². The lowest BCUT2D eigenvalue weighted by molar-refractivity contribution is 0.0957. The van der Waals surface area contributed by atoms with Gasteiger partial charge in [0.15, 0.2) is 0 Å². The highest BCUT2D eigenvalue weighted by Crippen LogP contribution is 2.01. The van der Waals surface area contributed by atoms with Crippen molar-refractivity contribution in [2.75, 3.05) is 6.54 Å². The Morgan fingerprint density at radius 3 is 3.14 bits per heavy atom. The molecular weight excluding hydrogens is 200 g/mol. The highest BCUT2D eigenvalue weighted by Gasteiger charge is 2.06. The van der Waals surface area contributed by atoms with Gasteiger partial charge in [-0.15, -0.1) is 5.10 Å². The van der Waals surface area contributed by atoms with Crippen LogP contribution in [0.25, 0.3) is 0 Å². The number of nitrogens with zero attached hydrogens (tertiary/aromatic N) is 3. The molecule has 0 aliphatic carbocycles. The Hall–Kier alpha value is -1.48. The number of unbranched alkanes of at least 4 members (excludes halogenated alkanes) is 2. The van der Waals surface area contributed by atoms with Gasteiger partial charge in [0.1, 0.15) is 4.88 Å². The van der Waals surface area contributed by atoms with Gasteiger partial charge in [-0.05, 0) is 24.4 Å². The summed E-state index contributed by atoms with van der Waals surface area (Å²) in [5, 5.41) is 14.6. The van der Waals surface area contributed by atoms with Crippen molar-refractivity contribution in [2.24, 2.45) is 0 Å². The Kier molecular flexibility index (Phi) is 4.58. The van der Waals surface area contributed by atoms with Gasteiger partial charge in [-0.2, -0.15) is 5.26 Å². The number of carbonyl (C=O) groups is 1. The molecule has 0 spiro atoms. The molecule has 0 radical (unpaired) electrons. The lowest BCUT2D eigenvalue weighted by Crippen LogP contribution is -2.23. The van der Waals surface area contributed by atoms with Gasteiger partial charge in [0.2, 0.25) is 0 Å². The number of nitriles is 1. The lowest BCUT2D eigenvalue weighted by atomic mass is 10.2. The summed E-state index contributed by atoms with van der Waals surface area (Å²) < 4.78 is 3.59. The molecule has 0 fully saturated rings. The molecule has 6 heteroatoms. The van der Waals surface area contributed by atoms with Gasteiger partial charge in [0, 0.05) is 13.0 Å². The third kappa shape index (κ3) is 3.49. The first-order valence-corrected chi connectivity index (χ1v) is 5.04. The van der Waals surface area contributed by atoms with E-state index >= 15 is 0 Å². The van der Waals surface area contributed by atoms with Gasteiger partial charge in [0.05, 0.1) is 12.3 Å². The number of carbonyl (C=O) groups excluding carboxylic acids is 1. The molecule has 0 unspecified atom stereocenters. The summed E-state index contributed by atoms with van der Waals surface area (Å²) in [4.78, 5) is 11.8. The maximum absolute atomic E-state index is 11.3. The molecule has 5 nitrogen and oxygen atoms in total. The summed E-state index contributed by atoms with van der Waals surface area (Å²) in [6, 6.07) is 2.05. The van der Waals surface area contributed by atoms with Crippen LogP contribution in [0.15, 0.2) is 6.20 Å². The zero-order valence-electron chi connectivity index (χ0n) is 7.56. The molecule has 1 amide bonds. The van der Waals surface area contributed by atoms with E-state index in [0.717, 1.165) is 24.4 Å². The summed E-state index contributed by atoms with van der Waals surface area (Å²) in [5.74, 6) is -0.142. The fourth-order valence-corrected chi connectivity index (χ4v) is 1.32. The van der Waals surface area contributed by atoms with Crippen LogP contribution in [-0.4, -0.2) is 22.0 Å². The van der Waals surface area contributed by atoms with E-state index in [0.29, 0.717) is 17.8 Å². The molecular formula is C8H10N4OS. The predicted molar refractivity (Wildman–Crippen MR) is 51.7 cm³/mol. The molecule has 1 N–H and O–H groups in total. The van der Waals surface area contributed by atoms with Crippen LogP contribution in [-0.2, 0) is 0 Å². The van der Waals surface area contributed by atoms with E-state index in [1.807, 2.05) is 0 Å². The van der Waals surface area contributed by atoms with E-state index < -0.39 is 0 Å². The number of aromatic nitrogens is 2. The van der Waals surface area contributed by atoms with Gasteiger partial charge in [-0.3, -0.25) is 4.79 Å². The Morgan fingerprint density at radius 2 is 2.50 bits per heavy atom. The van der Waals surface area contributed by atoms with Crippen molar-refractivity contribution in [3.8, 4) is 6.07 Å². The number of rotatable bonds is 5. The van der Waals surface area contributed by atoms with E-state index in [1.165, 1.54) is 6.20 Å². The van der Waals surface area contributed by atoms with Gasteiger partial charge < -0.3 is 5.32 Å². The zero-order valence-corrected chi connectivity index (χ0v) is 8.38. The van der Waals surface area contributed by atoms with E-state index in [1.54, 1.807) is 0 Å². The fourth-order valence-electron chi connectivity index (χ4n) is 0.885. The van der Waals surface area contributed by atoms with Gasteiger partial charge in [-0.25, -0.2) is 0 Å². The summed E-state index contributed by atoms with van der Waals surface area (Å²) in [6.07, 6.45) is 3.62. The SMILES string of the molecule is N#CCCCCNC(=O)c1cnns1. The van der Waals surface area contributed by atoms with Crippen molar-refractivity contribution in [3.05, 3.63) is 11.1 Å². The highest BCUT2D eigenvalue weighted by molar-refractivity contribution is 7.07. The summed E-state index contributed by atoms with van der Waals surface area (Å²) >= 11 is 1.07. The van der Waals surface area contributed by atoms with Gasteiger partial charge in [0.25, 0.3) is 5.91 Å². The first-order chi connectivity index (χ1) is 6.84. The van der Waals surface area contributed by atoms with E-state index in [9.17, 15) is 4.79 Å². The highest BCUT2D eigenvalue weighted by atomic mass is 32.1. The molecule has 74 valence electrons. The smallest absolute Gasteiger partial charge is 0.264 e. The van der Waals surface area contributed by atoms with Crippen molar-refractivity contribution in [1.82, 2.24) is 14.9 Å². The minimum absolute atomic E-state index is 0.142. The van der Waals surface area contributed by atoms with Crippen LogP contribution in [0.4, 0.5) is 0 Å². The molecule has 1 heterocycles. The van der Waals surface area contributed by atoms with Crippen molar-refractivity contribution in [2.45, 2.75) is 19.3 Å². The van der Waals surface area contributed by atoms with Crippen molar-refractivity contribution in [3.63, 3.8) is 0 Å². The largest absolute Gasteiger partial charge is 0.351 e. The molecule has 1 aromatic heterocycles. The molecule has 14 heavy (non-hydrogen) atoms. The van der Waals surface area contributed by atoms with Crippen molar-refractivity contribution in [1.29, 1.82) is 5.26 Å². The van der Waals surface area contributed by atoms with Crippen LogP contribution in [0, 0.1) is 11.3 Å². The third-order valence-corrected chi connectivity index (χ3v) is 2.25. The van der Waals surface area contributed by atoms with E-state index in [2.05, 4.69) is 21.0 Å². The molecule has 0 aliphatic rings. The van der Waals surface area contributed by atoms with Gasteiger partial charge >= 0.3 is 0 Å². The Morgan fingerprint density at radius 1 is 1.64 bits per heavy atom. The van der Waals surface area contributed by atoms with E-state index in [4.69, 9.17) is 5.26 Å². The van der Waals surface area contributed by atoms with Crippen LogP contribution in [0.1, 0.15) is 28.9 Å². The zero-order chi connectivity index (χ0) is 10.2. The minimum Gasteiger partial charge on any atom is -0.351 e. The average Bonchev–Trinajstić information content (AvgIpc) is 2.70. The molecule has 1 rings (SSSR count). The molecule has 0 aromatic carbocycles. The Balaban J connectivity index is 2.14. The lowest BCUT2D eigenvalue weighted by Gasteiger charge is -2.00. The fraction of sp³-hybridized carbons (Fsp3) is 0.500. The molecule has 0 saturated heterocycles. The molecule has 0 saturated carbocycles. The second kappa shape index (κ2) is 6.05. The quantitative estimate of drug-likeness (QED) is 0.734. The minimum atomic E-state index is -0.142. The number of hydrogen-bond donors (Lipinski definition) is 1. The molecule has 0 atom stereocenters. The van der Waals surface area contributed by atoms with Crippen molar-refractivity contribution >= 4 is 17.4 Å². The first kappa shape index (κ1) is 10.6. The average molecular weight is 210 g/mol. The number of nitrogens with one attached hydrogen (secondary N) is 1. The second-order valence-electron chi connectivity index (χ2n) is 2.65. The maximum Gasteiger partial charge on any atom is 0.264 e. The normalized spacial score (nSPS) is 9.36. The summed E-state index contributed by atoms with van der Waals surface area (Å²) in [7, 11) is 0. The van der Waals surface area contributed by atoms with Crippen LogP contribution in [0.3, 0.4) is 0 Å². The third-order valence-electron chi connectivity index (χ3n) is 1.59.